The third-order valence-corrected chi connectivity index (χ3v) is 3.55. The monoisotopic (exact) mass is 261 g/mol. The van der Waals surface area contributed by atoms with Crippen molar-refractivity contribution in [1.82, 2.24) is 9.55 Å². The molecule has 0 amide bonds. The minimum atomic E-state index is 0.188. The highest BCUT2D eigenvalue weighted by Crippen LogP contribution is 2.19. The predicted molar refractivity (Wildman–Crippen MR) is 79.7 cm³/mol. The van der Waals surface area contributed by atoms with Gasteiger partial charge < -0.3 is 10.3 Å². The van der Waals surface area contributed by atoms with Crippen LogP contribution in [0.25, 0.3) is 11.0 Å². The second-order valence-electron chi connectivity index (χ2n) is 4.68. The predicted octanol–water partition coefficient (Wildman–Crippen LogP) is 2.91. The Bertz CT molecular complexity index is 559. The van der Waals surface area contributed by atoms with Gasteiger partial charge in [-0.25, -0.2) is 4.98 Å². The van der Waals surface area contributed by atoms with E-state index in [4.69, 9.17) is 22.9 Å². The summed E-state index contributed by atoms with van der Waals surface area (Å²) >= 11 is 5.07. The number of nitrogens with zero attached hydrogens (tertiary/aromatic N) is 2. The smallest absolute Gasteiger partial charge is 0.109 e. The van der Waals surface area contributed by atoms with E-state index in [1.807, 2.05) is 12.1 Å². The van der Waals surface area contributed by atoms with Crippen LogP contribution in [0.1, 0.15) is 26.1 Å². The molecule has 3 nitrogen and oxygen atoms in total. The van der Waals surface area contributed by atoms with Crippen LogP contribution in [0.4, 0.5) is 0 Å². The average Bonchev–Trinajstić information content (AvgIpc) is 2.68. The van der Waals surface area contributed by atoms with E-state index < -0.39 is 0 Å². The molecule has 0 aliphatic carbocycles. The van der Waals surface area contributed by atoms with Crippen LogP contribution in [0, 0.1) is 5.92 Å². The Morgan fingerprint density at radius 2 is 2.17 bits per heavy atom. The van der Waals surface area contributed by atoms with Crippen molar-refractivity contribution in [2.45, 2.75) is 33.2 Å². The molecular weight excluding hydrogens is 242 g/mol. The van der Waals surface area contributed by atoms with Gasteiger partial charge in [-0.2, -0.15) is 0 Å². The Balaban J connectivity index is 2.44. The molecule has 0 radical (unpaired) electrons. The van der Waals surface area contributed by atoms with Gasteiger partial charge in [-0.1, -0.05) is 38.2 Å². The molecule has 96 valence electrons. The molecule has 2 aromatic rings. The van der Waals surface area contributed by atoms with E-state index in [1.165, 1.54) is 5.52 Å². The third-order valence-electron chi connectivity index (χ3n) is 3.15. The number of aryl methyl sites for hydroxylation is 1. The zero-order valence-electron chi connectivity index (χ0n) is 10.9. The maximum atomic E-state index is 5.72. The lowest BCUT2D eigenvalue weighted by Crippen LogP contribution is -2.23. The summed E-state index contributed by atoms with van der Waals surface area (Å²) in [6, 6.07) is 8.22. The molecule has 4 heteroatoms. The van der Waals surface area contributed by atoms with Gasteiger partial charge in [0.15, 0.2) is 0 Å². The number of hydrogen-bond donors (Lipinski definition) is 1. The van der Waals surface area contributed by atoms with Crippen LogP contribution in [0.5, 0.6) is 0 Å². The normalized spacial score (nSPS) is 12.8. The summed E-state index contributed by atoms with van der Waals surface area (Å²) in [5, 5.41) is 0. The molecule has 0 saturated heterocycles. The van der Waals surface area contributed by atoms with E-state index >= 15 is 0 Å². The first-order valence-corrected chi connectivity index (χ1v) is 6.77. The van der Waals surface area contributed by atoms with Crippen LogP contribution < -0.4 is 5.73 Å². The maximum absolute atomic E-state index is 5.72. The van der Waals surface area contributed by atoms with Gasteiger partial charge in [-0.05, 0) is 18.6 Å². The molecule has 0 spiro atoms. The molecule has 0 aliphatic rings. The molecule has 0 bridgehead atoms. The lowest BCUT2D eigenvalue weighted by atomic mass is 10.1. The lowest BCUT2D eigenvalue weighted by molar-refractivity contribution is 0.582. The molecule has 2 rings (SSSR count). The molecular formula is C14H19N3S. The average molecular weight is 261 g/mol. The fraction of sp³-hybridized carbons (Fsp3) is 0.429. The number of hydrogen-bond acceptors (Lipinski definition) is 2. The number of para-hydroxylation sites is 2. The van der Waals surface area contributed by atoms with E-state index in [-0.39, 0.29) is 5.92 Å². The number of imidazole rings is 1. The van der Waals surface area contributed by atoms with E-state index in [0.717, 1.165) is 30.7 Å². The number of fused-ring (bicyclic) bond motifs is 1. The SMILES string of the molecule is CCCc1nc2ccccc2n1CC(C)C(N)=S. The number of nitrogens with two attached hydrogens (primary N) is 1. The van der Waals surface area contributed by atoms with Crippen molar-refractivity contribution >= 4 is 28.2 Å². The van der Waals surface area contributed by atoms with E-state index in [2.05, 4.69) is 30.5 Å². The van der Waals surface area contributed by atoms with Gasteiger partial charge in [0, 0.05) is 18.9 Å². The summed E-state index contributed by atoms with van der Waals surface area (Å²) in [5.41, 5.74) is 7.94. The highest BCUT2D eigenvalue weighted by molar-refractivity contribution is 7.80. The topological polar surface area (TPSA) is 43.8 Å². The van der Waals surface area contributed by atoms with Crippen LogP contribution in [-0.4, -0.2) is 14.5 Å². The molecule has 2 N–H and O–H groups in total. The van der Waals surface area contributed by atoms with E-state index in [0.29, 0.717) is 4.99 Å². The molecule has 1 unspecified atom stereocenters. The zero-order valence-corrected chi connectivity index (χ0v) is 11.7. The Morgan fingerprint density at radius 1 is 1.44 bits per heavy atom. The summed E-state index contributed by atoms with van der Waals surface area (Å²) in [6.07, 6.45) is 2.07. The van der Waals surface area contributed by atoms with Crippen molar-refractivity contribution in [3.8, 4) is 0 Å². The number of aromatic nitrogens is 2. The second kappa shape index (κ2) is 5.48. The molecule has 1 aromatic carbocycles. The van der Waals surface area contributed by atoms with Crippen molar-refractivity contribution in [3.63, 3.8) is 0 Å². The third kappa shape index (κ3) is 2.53. The molecule has 0 aliphatic heterocycles. The molecule has 0 fully saturated rings. The highest BCUT2D eigenvalue weighted by Gasteiger charge is 2.13. The first-order chi connectivity index (χ1) is 8.63. The lowest BCUT2D eigenvalue weighted by Gasteiger charge is -2.14. The van der Waals surface area contributed by atoms with Gasteiger partial charge in [-0.3, -0.25) is 0 Å². The van der Waals surface area contributed by atoms with E-state index in [9.17, 15) is 0 Å². The second-order valence-corrected chi connectivity index (χ2v) is 5.15. The summed E-state index contributed by atoms with van der Waals surface area (Å²) in [5.74, 6) is 1.31. The molecule has 18 heavy (non-hydrogen) atoms. The van der Waals surface area contributed by atoms with Gasteiger partial charge in [0.2, 0.25) is 0 Å². The van der Waals surface area contributed by atoms with Crippen molar-refractivity contribution < 1.29 is 0 Å². The fourth-order valence-electron chi connectivity index (χ4n) is 2.11. The number of rotatable bonds is 5. The quantitative estimate of drug-likeness (QED) is 0.842. The van der Waals surface area contributed by atoms with Gasteiger partial charge in [0.05, 0.1) is 16.0 Å². The van der Waals surface area contributed by atoms with Gasteiger partial charge >= 0.3 is 0 Å². The first kappa shape index (κ1) is 13.0. The largest absolute Gasteiger partial charge is 0.393 e. The number of benzene rings is 1. The van der Waals surface area contributed by atoms with Crippen molar-refractivity contribution in [3.05, 3.63) is 30.1 Å². The summed E-state index contributed by atoms with van der Waals surface area (Å²) in [6.45, 7) is 5.04. The van der Waals surface area contributed by atoms with Crippen LogP contribution in [0.2, 0.25) is 0 Å². The standard InChI is InChI=1S/C14H19N3S/c1-3-6-13-16-11-7-4-5-8-12(11)17(13)9-10(2)14(15)18/h4-5,7-8,10H,3,6,9H2,1-2H3,(H2,15,18). The Hall–Kier alpha value is -1.42. The Kier molecular flexibility index (Phi) is 3.97. The zero-order chi connectivity index (χ0) is 13.1. The number of thiocarbonyl (C=S) groups is 1. The molecule has 0 saturated carbocycles. The summed E-state index contributed by atoms with van der Waals surface area (Å²) in [7, 11) is 0. The van der Waals surface area contributed by atoms with Gasteiger partial charge in [-0.15, -0.1) is 0 Å². The Morgan fingerprint density at radius 3 is 2.83 bits per heavy atom. The van der Waals surface area contributed by atoms with Crippen molar-refractivity contribution in [2.75, 3.05) is 0 Å². The van der Waals surface area contributed by atoms with Crippen LogP contribution >= 0.6 is 12.2 Å². The fourth-order valence-corrected chi connectivity index (χ4v) is 2.18. The molecule has 1 heterocycles. The summed E-state index contributed by atoms with van der Waals surface area (Å²) < 4.78 is 2.25. The first-order valence-electron chi connectivity index (χ1n) is 6.37. The Labute approximate surface area is 113 Å². The minimum absolute atomic E-state index is 0.188. The van der Waals surface area contributed by atoms with E-state index in [1.54, 1.807) is 0 Å². The van der Waals surface area contributed by atoms with Crippen molar-refractivity contribution in [1.29, 1.82) is 0 Å². The minimum Gasteiger partial charge on any atom is -0.393 e. The molecule has 1 atom stereocenters. The maximum Gasteiger partial charge on any atom is 0.109 e. The summed E-state index contributed by atoms with van der Waals surface area (Å²) in [4.78, 5) is 5.26. The van der Waals surface area contributed by atoms with Crippen LogP contribution in [-0.2, 0) is 13.0 Å². The van der Waals surface area contributed by atoms with Gasteiger partial charge in [0.1, 0.15) is 5.82 Å². The van der Waals surface area contributed by atoms with Gasteiger partial charge in [0.25, 0.3) is 0 Å². The molecule has 1 aromatic heterocycles. The van der Waals surface area contributed by atoms with Crippen LogP contribution in [0.15, 0.2) is 24.3 Å². The van der Waals surface area contributed by atoms with Crippen LogP contribution in [0.3, 0.4) is 0 Å². The van der Waals surface area contributed by atoms with Crippen molar-refractivity contribution in [2.24, 2.45) is 11.7 Å². The highest BCUT2D eigenvalue weighted by atomic mass is 32.1.